The van der Waals surface area contributed by atoms with Gasteiger partial charge in [0.2, 0.25) is 11.8 Å². The van der Waals surface area contributed by atoms with Gasteiger partial charge in [0.25, 0.3) is 0 Å². The zero-order chi connectivity index (χ0) is 26.4. The predicted molar refractivity (Wildman–Crippen MR) is 143 cm³/mol. The predicted octanol–water partition coefficient (Wildman–Crippen LogP) is 5.12. The number of amides is 2. The number of rotatable bonds is 8. The quantitative estimate of drug-likeness (QED) is 0.329. The zero-order valence-corrected chi connectivity index (χ0v) is 21.0. The summed E-state index contributed by atoms with van der Waals surface area (Å²) in [6.07, 6.45) is 5.12. The number of benzene rings is 2. The number of para-hydroxylation sites is 2. The lowest BCUT2D eigenvalue weighted by Gasteiger charge is -2.21. The minimum Gasteiger partial charge on any atom is -0.397 e. The largest absolute Gasteiger partial charge is 0.397 e. The first kappa shape index (κ1) is 26.6. The molecule has 1 fully saturated rings. The number of halogens is 3. The maximum atomic E-state index is 14.3. The van der Waals surface area contributed by atoms with Gasteiger partial charge in [0.05, 0.1) is 23.0 Å². The van der Waals surface area contributed by atoms with Crippen LogP contribution in [0.1, 0.15) is 29.9 Å². The van der Waals surface area contributed by atoms with Gasteiger partial charge in [0.1, 0.15) is 12.5 Å². The summed E-state index contributed by atoms with van der Waals surface area (Å²) in [5, 5.41) is 5.89. The number of nitrogen functional groups attached to an aromatic ring is 1. The second-order valence-electron chi connectivity index (χ2n) is 9.14. The summed E-state index contributed by atoms with van der Waals surface area (Å²) in [6.45, 7) is 0.629. The molecule has 37 heavy (non-hydrogen) atoms. The Balaban J connectivity index is 1.44. The molecule has 1 heterocycles. The van der Waals surface area contributed by atoms with Crippen LogP contribution in [0, 0.1) is 5.92 Å². The molecule has 2 atom stereocenters. The molecule has 1 aliphatic carbocycles. The molecule has 1 aliphatic heterocycles. The molecule has 2 aliphatic rings. The molecule has 194 valence electrons. The number of allylic oxidation sites excluding steroid dienone is 4. The van der Waals surface area contributed by atoms with Crippen molar-refractivity contribution in [3.05, 3.63) is 88.4 Å². The molecule has 2 amide bonds. The molecule has 0 aromatic heterocycles. The van der Waals surface area contributed by atoms with Gasteiger partial charge in [-0.15, -0.1) is 0 Å². The lowest BCUT2D eigenvalue weighted by molar-refractivity contribution is -0.124. The van der Waals surface area contributed by atoms with E-state index in [-0.39, 0.29) is 30.0 Å². The van der Waals surface area contributed by atoms with Gasteiger partial charge in [-0.3, -0.25) is 14.5 Å². The molecule has 0 spiro atoms. The van der Waals surface area contributed by atoms with Crippen LogP contribution < -0.4 is 16.4 Å². The van der Waals surface area contributed by atoms with Crippen LogP contribution >= 0.6 is 11.6 Å². The van der Waals surface area contributed by atoms with Gasteiger partial charge < -0.3 is 16.4 Å². The fourth-order valence-corrected chi connectivity index (χ4v) is 4.82. The summed E-state index contributed by atoms with van der Waals surface area (Å²) >= 11 is 5.89. The summed E-state index contributed by atoms with van der Waals surface area (Å²) in [4.78, 5) is 27.3. The van der Waals surface area contributed by atoms with Crippen molar-refractivity contribution in [3.63, 3.8) is 0 Å². The van der Waals surface area contributed by atoms with Crippen molar-refractivity contribution in [1.82, 2.24) is 10.2 Å². The summed E-state index contributed by atoms with van der Waals surface area (Å²) in [6, 6.07) is 14.5. The smallest absolute Gasteiger partial charge is 0.248 e. The number of nitrogens with two attached hydrogens (primary N) is 1. The first-order chi connectivity index (χ1) is 17.8. The van der Waals surface area contributed by atoms with Crippen molar-refractivity contribution < 1.29 is 18.4 Å². The number of hydrogen-bond acceptors (Lipinski definition) is 4. The normalized spacial score (nSPS) is 20.2. The number of carbonyl (C=O) groups excluding carboxylic acids is 2. The summed E-state index contributed by atoms with van der Waals surface area (Å²) in [7, 11) is 0. The molecule has 0 saturated carbocycles. The second kappa shape index (κ2) is 12.2. The SMILES string of the molecule is Nc1ccccc1NC(=O)/C=C/c1ccc(C2CN(CCF)CC2C(=O)NC2=C(F)C=C(Cl)CC2)cc1. The van der Waals surface area contributed by atoms with Crippen LogP contribution in [0.2, 0.25) is 0 Å². The van der Waals surface area contributed by atoms with E-state index in [9.17, 15) is 18.4 Å². The summed E-state index contributed by atoms with van der Waals surface area (Å²) in [5.41, 5.74) is 8.83. The molecule has 9 heteroatoms. The van der Waals surface area contributed by atoms with E-state index >= 15 is 0 Å². The first-order valence-corrected chi connectivity index (χ1v) is 12.5. The number of anilines is 2. The van der Waals surface area contributed by atoms with Crippen molar-refractivity contribution in [2.45, 2.75) is 18.8 Å². The monoisotopic (exact) mass is 526 g/mol. The molecule has 6 nitrogen and oxygen atoms in total. The Kier molecular flexibility index (Phi) is 8.74. The fraction of sp³-hybridized carbons (Fsp3) is 0.286. The van der Waals surface area contributed by atoms with Gasteiger partial charge in [0, 0.05) is 36.7 Å². The van der Waals surface area contributed by atoms with E-state index in [4.69, 9.17) is 17.3 Å². The van der Waals surface area contributed by atoms with Gasteiger partial charge in [-0.1, -0.05) is 48.0 Å². The Labute approximate surface area is 219 Å². The van der Waals surface area contributed by atoms with Gasteiger partial charge >= 0.3 is 0 Å². The maximum absolute atomic E-state index is 14.3. The van der Waals surface area contributed by atoms with Crippen LogP contribution in [0.25, 0.3) is 6.08 Å². The van der Waals surface area contributed by atoms with Gasteiger partial charge in [-0.25, -0.2) is 8.78 Å². The molecular formula is C28H29ClF2N4O2. The number of nitrogens with one attached hydrogen (secondary N) is 2. The first-order valence-electron chi connectivity index (χ1n) is 12.1. The van der Waals surface area contributed by atoms with Crippen LogP contribution in [0.15, 0.2) is 77.2 Å². The molecule has 0 radical (unpaired) electrons. The van der Waals surface area contributed by atoms with Crippen molar-refractivity contribution in [3.8, 4) is 0 Å². The van der Waals surface area contributed by atoms with Crippen LogP contribution in [0.4, 0.5) is 20.2 Å². The minimum atomic E-state index is -0.533. The highest BCUT2D eigenvalue weighted by molar-refractivity contribution is 6.29. The van der Waals surface area contributed by atoms with Crippen LogP contribution in [0.5, 0.6) is 0 Å². The standard InChI is InChI=1S/C28H29ClF2N4O2/c29-20-10-11-25(23(31)15-20)34-28(37)22-17-35(14-13-30)16-21(22)19-8-5-18(6-9-19)7-12-27(36)33-26-4-2-1-3-24(26)32/h1-9,12,15,21-22H,10-11,13-14,16-17,32H2,(H,33,36)(H,34,37)/b12-7+. The van der Waals surface area contributed by atoms with Crippen LogP contribution in [0.3, 0.4) is 0 Å². The Morgan fingerprint density at radius 1 is 1.08 bits per heavy atom. The lowest BCUT2D eigenvalue weighted by atomic mass is 9.87. The minimum absolute atomic E-state index is 0.180. The molecule has 4 N–H and O–H groups in total. The van der Waals surface area contributed by atoms with E-state index in [2.05, 4.69) is 10.6 Å². The van der Waals surface area contributed by atoms with E-state index in [0.29, 0.717) is 42.3 Å². The van der Waals surface area contributed by atoms with Crippen LogP contribution in [-0.4, -0.2) is 43.0 Å². The highest BCUT2D eigenvalue weighted by Gasteiger charge is 2.38. The molecule has 2 unspecified atom stereocenters. The molecule has 2 aromatic carbocycles. The van der Waals surface area contributed by atoms with Gasteiger partial charge in [-0.05, 0) is 48.3 Å². The topological polar surface area (TPSA) is 87.5 Å². The number of nitrogens with zero attached hydrogens (tertiary/aromatic N) is 1. The van der Waals surface area contributed by atoms with E-state index in [1.165, 1.54) is 12.2 Å². The Morgan fingerprint density at radius 2 is 1.84 bits per heavy atom. The highest BCUT2D eigenvalue weighted by atomic mass is 35.5. The third-order valence-corrected chi connectivity index (χ3v) is 6.90. The van der Waals surface area contributed by atoms with E-state index in [0.717, 1.165) is 11.1 Å². The number of alkyl halides is 1. The van der Waals surface area contributed by atoms with Crippen molar-refractivity contribution >= 4 is 40.9 Å². The van der Waals surface area contributed by atoms with E-state index < -0.39 is 18.4 Å². The average Bonchev–Trinajstić information content (AvgIpc) is 3.30. The molecule has 2 aromatic rings. The second-order valence-corrected chi connectivity index (χ2v) is 9.63. The van der Waals surface area contributed by atoms with Crippen molar-refractivity contribution in [2.75, 3.05) is 37.4 Å². The summed E-state index contributed by atoms with van der Waals surface area (Å²) < 4.78 is 27.3. The Hall–Kier alpha value is -3.49. The molecule has 4 rings (SSSR count). The summed E-state index contributed by atoms with van der Waals surface area (Å²) in [5.74, 6) is -1.77. The van der Waals surface area contributed by atoms with Crippen molar-refractivity contribution in [1.29, 1.82) is 0 Å². The lowest BCUT2D eigenvalue weighted by Crippen LogP contribution is -2.35. The molecular weight excluding hydrogens is 498 g/mol. The van der Waals surface area contributed by atoms with Crippen LogP contribution in [-0.2, 0) is 9.59 Å². The van der Waals surface area contributed by atoms with Gasteiger partial charge in [0.15, 0.2) is 0 Å². The third kappa shape index (κ3) is 6.84. The Morgan fingerprint density at radius 3 is 2.54 bits per heavy atom. The van der Waals surface area contributed by atoms with E-state index in [1.807, 2.05) is 29.2 Å². The van der Waals surface area contributed by atoms with Gasteiger partial charge in [-0.2, -0.15) is 0 Å². The average molecular weight is 527 g/mol. The maximum Gasteiger partial charge on any atom is 0.248 e. The molecule has 1 saturated heterocycles. The highest BCUT2D eigenvalue weighted by Crippen LogP contribution is 2.34. The molecule has 0 bridgehead atoms. The third-order valence-electron chi connectivity index (χ3n) is 6.60. The number of carbonyl (C=O) groups is 2. The Bertz CT molecular complexity index is 1240. The number of hydrogen-bond donors (Lipinski definition) is 3. The van der Waals surface area contributed by atoms with Crippen molar-refractivity contribution in [2.24, 2.45) is 5.92 Å². The zero-order valence-electron chi connectivity index (χ0n) is 20.2. The fourth-order valence-electron chi connectivity index (χ4n) is 4.63. The number of likely N-dealkylation sites (tertiary alicyclic amines) is 1. The van der Waals surface area contributed by atoms with E-state index in [1.54, 1.807) is 30.3 Å².